The number of fused-ring (bicyclic) bond motifs is 1. The molecule has 2 aromatic heterocycles. The summed E-state index contributed by atoms with van der Waals surface area (Å²) in [5, 5.41) is 12.0. The van der Waals surface area contributed by atoms with E-state index >= 15 is 0 Å². The summed E-state index contributed by atoms with van der Waals surface area (Å²) in [7, 11) is 0. The molecule has 22 heavy (non-hydrogen) atoms. The normalized spacial score (nSPS) is 15.0. The molecule has 3 rings (SSSR count). The number of nitrogens with zero attached hydrogens (tertiary/aromatic N) is 1. The van der Waals surface area contributed by atoms with E-state index in [0.29, 0.717) is 34.6 Å². The molecule has 0 unspecified atom stereocenters. The van der Waals surface area contributed by atoms with Crippen LogP contribution in [0.25, 0.3) is 11.6 Å². The van der Waals surface area contributed by atoms with E-state index in [9.17, 15) is 14.7 Å². The summed E-state index contributed by atoms with van der Waals surface area (Å²) in [5.41, 5.74) is 4.06. The van der Waals surface area contributed by atoms with Gasteiger partial charge >= 0.3 is 5.97 Å². The summed E-state index contributed by atoms with van der Waals surface area (Å²) in [6, 6.07) is 3.53. The summed E-state index contributed by atoms with van der Waals surface area (Å²) in [4.78, 5) is 30.5. The van der Waals surface area contributed by atoms with Crippen molar-refractivity contribution in [2.75, 3.05) is 5.32 Å². The van der Waals surface area contributed by atoms with Crippen LogP contribution in [0.3, 0.4) is 0 Å². The second-order valence-corrected chi connectivity index (χ2v) is 5.09. The van der Waals surface area contributed by atoms with Gasteiger partial charge in [0.2, 0.25) is 0 Å². The number of amides is 1. The molecule has 1 aliphatic rings. The Labute approximate surface area is 126 Å². The molecule has 3 N–H and O–H groups in total. The van der Waals surface area contributed by atoms with E-state index in [1.54, 1.807) is 31.3 Å². The van der Waals surface area contributed by atoms with Crippen LogP contribution in [-0.4, -0.2) is 27.0 Å². The van der Waals surface area contributed by atoms with E-state index in [0.717, 1.165) is 5.56 Å². The highest BCUT2D eigenvalue weighted by molar-refractivity contribution is 6.34. The second-order valence-electron chi connectivity index (χ2n) is 5.09. The number of H-pyrrole nitrogens is 1. The Balaban J connectivity index is 2.15. The van der Waals surface area contributed by atoms with Gasteiger partial charge in [-0.25, -0.2) is 4.79 Å². The van der Waals surface area contributed by atoms with Gasteiger partial charge in [-0.3, -0.25) is 9.78 Å². The fourth-order valence-electron chi connectivity index (χ4n) is 2.75. The molecule has 6 nitrogen and oxygen atoms in total. The van der Waals surface area contributed by atoms with Gasteiger partial charge in [0, 0.05) is 11.9 Å². The number of aromatic amines is 1. The maximum Gasteiger partial charge on any atom is 0.352 e. The predicted octanol–water partition coefficient (Wildman–Crippen LogP) is 2.47. The topological polar surface area (TPSA) is 95.1 Å². The number of hydrogen-bond acceptors (Lipinski definition) is 3. The smallest absolute Gasteiger partial charge is 0.352 e. The van der Waals surface area contributed by atoms with Crippen molar-refractivity contribution in [1.29, 1.82) is 0 Å². The summed E-state index contributed by atoms with van der Waals surface area (Å²) >= 11 is 0. The quantitative estimate of drug-likeness (QED) is 0.758. The van der Waals surface area contributed by atoms with Crippen molar-refractivity contribution >= 4 is 29.2 Å². The fourth-order valence-corrected chi connectivity index (χ4v) is 2.75. The van der Waals surface area contributed by atoms with Crippen molar-refractivity contribution in [3.8, 4) is 0 Å². The highest BCUT2D eigenvalue weighted by Crippen LogP contribution is 2.32. The van der Waals surface area contributed by atoms with Gasteiger partial charge < -0.3 is 15.4 Å². The number of pyridine rings is 1. The third-order valence-corrected chi connectivity index (χ3v) is 3.82. The third kappa shape index (κ3) is 2.09. The van der Waals surface area contributed by atoms with E-state index in [1.807, 2.05) is 6.92 Å². The largest absolute Gasteiger partial charge is 0.477 e. The van der Waals surface area contributed by atoms with Gasteiger partial charge in [-0.1, -0.05) is 6.92 Å². The lowest BCUT2D eigenvalue weighted by atomic mass is 10.0. The van der Waals surface area contributed by atoms with Gasteiger partial charge in [-0.15, -0.1) is 0 Å². The number of aromatic nitrogens is 2. The summed E-state index contributed by atoms with van der Waals surface area (Å²) in [6.07, 6.45) is 3.97. The molecular formula is C16H15N3O3. The Morgan fingerprint density at radius 3 is 2.91 bits per heavy atom. The van der Waals surface area contributed by atoms with Crippen LogP contribution in [0.4, 0.5) is 5.69 Å². The molecule has 2 aromatic rings. The number of nitrogens with one attached hydrogen (secondary N) is 2. The minimum absolute atomic E-state index is 0.156. The highest BCUT2D eigenvalue weighted by atomic mass is 16.4. The molecule has 0 saturated carbocycles. The third-order valence-electron chi connectivity index (χ3n) is 3.82. The Bertz CT molecular complexity index is 818. The molecule has 0 spiro atoms. The number of aromatic carboxylic acids is 1. The van der Waals surface area contributed by atoms with Gasteiger partial charge in [0.1, 0.15) is 5.69 Å². The zero-order valence-electron chi connectivity index (χ0n) is 12.2. The minimum atomic E-state index is -1.01. The maximum atomic E-state index is 12.1. The zero-order chi connectivity index (χ0) is 15.9. The van der Waals surface area contributed by atoms with Gasteiger partial charge in [0.25, 0.3) is 5.91 Å². The summed E-state index contributed by atoms with van der Waals surface area (Å²) in [5.74, 6) is -1.24. The van der Waals surface area contributed by atoms with E-state index in [-0.39, 0.29) is 11.6 Å². The van der Waals surface area contributed by atoms with E-state index in [2.05, 4.69) is 15.3 Å². The van der Waals surface area contributed by atoms with Gasteiger partial charge in [-0.2, -0.15) is 0 Å². The number of anilines is 1. The first-order chi connectivity index (χ1) is 10.5. The molecule has 3 heterocycles. The SMILES string of the molecule is CCc1c(C=C2C(=O)Nc3cccnc32)[nH]c(C(=O)O)c1C. The lowest BCUT2D eigenvalue weighted by Gasteiger charge is -1.99. The lowest BCUT2D eigenvalue weighted by Crippen LogP contribution is -2.04. The van der Waals surface area contributed by atoms with Crippen molar-refractivity contribution in [1.82, 2.24) is 9.97 Å². The molecule has 112 valence electrons. The Morgan fingerprint density at radius 2 is 2.23 bits per heavy atom. The van der Waals surface area contributed by atoms with E-state index in [1.165, 1.54) is 0 Å². The van der Waals surface area contributed by atoms with Crippen LogP contribution in [0.15, 0.2) is 18.3 Å². The van der Waals surface area contributed by atoms with Crippen molar-refractivity contribution in [2.24, 2.45) is 0 Å². The Kier molecular flexibility index (Phi) is 3.29. The first-order valence-electron chi connectivity index (χ1n) is 6.96. The average molecular weight is 297 g/mol. The number of carboxylic acid groups (broad SMARTS) is 1. The fraction of sp³-hybridized carbons (Fsp3) is 0.188. The van der Waals surface area contributed by atoms with Crippen LogP contribution in [0, 0.1) is 6.92 Å². The number of rotatable bonds is 3. The molecule has 0 radical (unpaired) electrons. The standard InChI is InChI=1S/C16H15N3O3/c1-3-9-8(2)13(16(21)22)18-12(9)7-10-14-11(19-15(10)20)5-4-6-17-14/h4-7,18H,3H2,1-2H3,(H,19,20)(H,21,22). The minimum Gasteiger partial charge on any atom is -0.477 e. The predicted molar refractivity (Wildman–Crippen MR) is 82.6 cm³/mol. The molecule has 0 aliphatic carbocycles. The van der Waals surface area contributed by atoms with Gasteiger partial charge in [0.15, 0.2) is 0 Å². The Morgan fingerprint density at radius 1 is 1.45 bits per heavy atom. The average Bonchev–Trinajstić information content (AvgIpc) is 2.97. The second kappa shape index (κ2) is 5.14. The molecule has 1 aliphatic heterocycles. The van der Waals surface area contributed by atoms with Crippen molar-refractivity contribution in [3.63, 3.8) is 0 Å². The molecule has 0 fully saturated rings. The molecule has 0 saturated heterocycles. The summed E-state index contributed by atoms with van der Waals surface area (Å²) < 4.78 is 0. The monoisotopic (exact) mass is 297 g/mol. The van der Waals surface area contributed by atoms with Crippen molar-refractivity contribution < 1.29 is 14.7 Å². The number of carboxylic acids is 1. The van der Waals surface area contributed by atoms with Gasteiger partial charge in [0.05, 0.1) is 17.0 Å². The van der Waals surface area contributed by atoms with Crippen LogP contribution in [0.2, 0.25) is 0 Å². The number of carbonyl (C=O) groups excluding carboxylic acids is 1. The molecule has 0 aromatic carbocycles. The van der Waals surface area contributed by atoms with E-state index in [4.69, 9.17) is 0 Å². The van der Waals surface area contributed by atoms with Crippen molar-refractivity contribution in [2.45, 2.75) is 20.3 Å². The van der Waals surface area contributed by atoms with Crippen LogP contribution >= 0.6 is 0 Å². The van der Waals surface area contributed by atoms with Crippen LogP contribution in [-0.2, 0) is 11.2 Å². The Hall–Kier alpha value is -2.89. The molecule has 0 atom stereocenters. The van der Waals surface area contributed by atoms with Crippen LogP contribution in [0.1, 0.15) is 39.9 Å². The van der Waals surface area contributed by atoms with Gasteiger partial charge in [-0.05, 0) is 42.7 Å². The molecular weight excluding hydrogens is 282 g/mol. The lowest BCUT2D eigenvalue weighted by molar-refractivity contribution is -0.110. The van der Waals surface area contributed by atoms with Crippen LogP contribution < -0.4 is 5.32 Å². The molecule has 6 heteroatoms. The maximum absolute atomic E-state index is 12.1. The van der Waals surface area contributed by atoms with Crippen molar-refractivity contribution in [3.05, 3.63) is 46.5 Å². The van der Waals surface area contributed by atoms with Crippen LogP contribution in [0.5, 0.6) is 0 Å². The summed E-state index contributed by atoms with van der Waals surface area (Å²) in [6.45, 7) is 3.71. The first kappa shape index (κ1) is 14.1. The number of carbonyl (C=O) groups is 2. The number of hydrogen-bond donors (Lipinski definition) is 3. The zero-order valence-corrected chi connectivity index (χ0v) is 12.2. The molecule has 1 amide bonds. The van der Waals surface area contributed by atoms with E-state index < -0.39 is 5.97 Å². The first-order valence-corrected chi connectivity index (χ1v) is 6.96. The highest BCUT2D eigenvalue weighted by Gasteiger charge is 2.26. The molecule has 0 bridgehead atoms.